The molecule has 0 atom stereocenters. The fourth-order valence-corrected chi connectivity index (χ4v) is 3.71. The number of aryl methyl sites for hydroxylation is 1. The van der Waals surface area contributed by atoms with E-state index >= 15 is 0 Å². The predicted octanol–water partition coefficient (Wildman–Crippen LogP) is 4.52. The first-order valence-corrected chi connectivity index (χ1v) is 10.2. The minimum absolute atomic E-state index is 0.512. The number of thiazole rings is 1. The summed E-state index contributed by atoms with van der Waals surface area (Å²) in [5, 5.41) is 6.78. The molecule has 0 radical (unpaired) electrons. The maximum absolute atomic E-state index is 5.53. The van der Waals surface area contributed by atoms with Crippen LogP contribution in [0.25, 0.3) is 11.3 Å². The van der Waals surface area contributed by atoms with E-state index in [1.165, 1.54) is 16.9 Å². The highest BCUT2D eigenvalue weighted by Gasteiger charge is 2.13. The van der Waals surface area contributed by atoms with E-state index in [9.17, 15) is 0 Å². The Morgan fingerprint density at radius 1 is 1.03 bits per heavy atom. The molecule has 0 aliphatic rings. The summed E-state index contributed by atoms with van der Waals surface area (Å²) in [5.41, 5.74) is 3.92. The van der Waals surface area contributed by atoms with E-state index in [2.05, 4.69) is 42.8 Å². The third kappa shape index (κ3) is 4.63. The third-order valence-electron chi connectivity index (χ3n) is 4.44. The number of rotatable bonds is 8. The van der Waals surface area contributed by atoms with Gasteiger partial charge in [0.15, 0.2) is 0 Å². The normalized spacial score (nSPS) is 11.7. The number of methoxy groups -OCH3 is 3. The molecule has 0 spiro atoms. The van der Waals surface area contributed by atoms with E-state index in [0.29, 0.717) is 29.4 Å². The molecule has 0 unspecified atom stereocenters. The molecule has 156 valence electrons. The van der Waals surface area contributed by atoms with Crippen molar-refractivity contribution in [3.8, 4) is 28.5 Å². The molecule has 0 N–H and O–H groups in total. The van der Waals surface area contributed by atoms with Crippen LogP contribution in [0.4, 0.5) is 0 Å². The van der Waals surface area contributed by atoms with Crippen LogP contribution in [-0.4, -0.2) is 38.8 Å². The van der Waals surface area contributed by atoms with Crippen molar-refractivity contribution in [3.63, 3.8) is 0 Å². The Bertz CT molecular complexity index is 1090. The summed E-state index contributed by atoms with van der Waals surface area (Å²) in [6.45, 7) is 6.33. The molecule has 0 bridgehead atoms. The van der Waals surface area contributed by atoms with Crippen LogP contribution >= 0.6 is 11.3 Å². The van der Waals surface area contributed by atoms with Gasteiger partial charge in [-0.2, -0.15) is 5.10 Å². The van der Waals surface area contributed by atoms with Gasteiger partial charge in [-0.3, -0.25) is 4.99 Å². The maximum Gasteiger partial charge on any atom is 0.206 e. The molecule has 0 saturated carbocycles. The van der Waals surface area contributed by atoms with Crippen molar-refractivity contribution < 1.29 is 14.2 Å². The number of hydrogen-bond donors (Lipinski definition) is 0. The van der Waals surface area contributed by atoms with Crippen LogP contribution < -0.4 is 19.0 Å². The third-order valence-corrected chi connectivity index (χ3v) is 5.30. The minimum Gasteiger partial charge on any atom is -0.496 e. The van der Waals surface area contributed by atoms with Crippen LogP contribution in [0.5, 0.6) is 17.2 Å². The lowest BCUT2D eigenvalue weighted by atomic mass is 10.1. The van der Waals surface area contributed by atoms with E-state index in [1.54, 1.807) is 45.8 Å². The number of hydrogen-bond acceptors (Lipinski definition) is 6. The van der Waals surface area contributed by atoms with Crippen molar-refractivity contribution in [2.24, 2.45) is 10.1 Å². The van der Waals surface area contributed by atoms with Gasteiger partial charge in [0.1, 0.15) is 17.2 Å². The smallest absolute Gasteiger partial charge is 0.206 e. The first kappa shape index (κ1) is 21.4. The molecule has 3 rings (SSSR count). The first-order chi connectivity index (χ1) is 14.6. The number of benzene rings is 2. The topological polar surface area (TPSA) is 57.3 Å². The highest BCUT2D eigenvalue weighted by atomic mass is 32.1. The SMILES string of the molecule is C=CCN=c1scc(-c2ccc(C)cc2)n1N=Cc1c(OC)cc(OC)cc1OC. The standard InChI is InChI=1S/C23H25N3O3S/c1-6-11-24-23-26(20(15-30-23)17-9-7-16(2)8-10-17)25-14-19-21(28-4)12-18(27-3)13-22(19)29-5/h6-10,12-15H,1,11H2,2-5H3. The summed E-state index contributed by atoms with van der Waals surface area (Å²) in [6.07, 6.45) is 3.48. The summed E-state index contributed by atoms with van der Waals surface area (Å²) in [7, 11) is 4.81. The molecule has 2 aromatic carbocycles. The predicted molar refractivity (Wildman–Crippen MR) is 122 cm³/mol. The van der Waals surface area contributed by atoms with Crippen molar-refractivity contribution in [2.75, 3.05) is 27.9 Å². The van der Waals surface area contributed by atoms with Crippen molar-refractivity contribution in [3.05, 3.63) is 70.4 Å². The zero-order chi connectivity index (χ0) is 21.5. The second kappa shape index (κ2) is 9.93. The van der Waals surface area contributed by atoms with Crippen LogP contribution in [0.1, 0.15) is 11.1 Å². The van der Waals surface area contributed by atoms with Gasteiger partial charge in [0, 0.05) is 23.1 Å². The highest BCUT2D eigenvalue weighted by molar-refractivity contribution is 7.07. The molecule has 3 aromatic rings. The van der Waals surface area contributed by atoms with Crippen molar-refractivity contribution in [2.45, 2.75) is 6.92 Å². The molecule has 7 heteroatoms. The van der Waals surface area contributed by atoms with Gasteiger partial charge in [-0.1, -0.05) is 35.9 Å². The molecule has 0 aliphatic carbocycles. The van der Waals surface area contributed by atoms with Crippen molar-refractivity contribution >= 4 is 17.6 Å². The van der Waals surface area contributed by atoms with Gasteiger partial charge in [-0.25, -0.2) is 4.68 Å². The fourth-order valence-electron chi connectivity index (χ4n) is 2.86. The summed E-state index contributed by atoms with van der Waals surface area (Å²) in [4.78, 5) is 5.35. The lowest BCUT2D eigenvalue weighted by Gasteiger charge is -2.12. The molecule has 1 aromatic heterocycles. The molecule has 0 saturated heterocycles. The lowest BCUT2D eigenvalue weighted by Crippen LogP contribution is -2.12. The number of ether oxygens (including phenoxy) is 3. The Morgan fingerprint density at radius 3 is 2.27 bits per heavy atom. The molecule has 1 heterocycles. The number of nitrogens with zero attached hydrogens (tertiary/aromatic N) is 3. The Kier molecular flexibility index (Phi) is 7.08. The second-order valence-corrected chi connectivity index (χ2v) is 7.24. The van der Waals surface area contributed by atoms with Gasteiger partial charge < -0.3 is 14.2 Å². The van der Waals surface area contributed by atoms with Crippen molar-refractivity contribution in [1.29, 1.82) is 0 Å². The van der Waals surface area contributed by atoms with E-state index in [0.717, 1.165) is 16.1 Å². The molecule has 0 fully saturated rings. The Labute approximate surface area is 180 Å². The van der Waals surface area contributed by atoms with Gasteiger partial charge in [0.25, 0.3) is 0 Å². The van der Waals surface area contributed by atoms with Crippen LogP contribution in [-0.2, 0) is 0 Å². The molecular weight excluding hydrogens is 398 g/mol. The highest BCUT2D eigenvalue weighted by Crippen LogP contribution is 2.32. The quantitative estimate of drug-likeness (QED) is 0.395. The Hall–Kier alpha value is -3.32. The molecular formula is C23H25N3O3S. The second-order valence-electron chi connectivity index (χ2n) is 6.40. The Balaban J connectivity index is 2.14. The first-order valence-electron chi connectivity index (χ1n) is 9.34. The van der Waals surface area contributed by atoms with Crippen LogP contribution in [0.3, 0.4) is 0 Å². The van der Waals surface area contributed by atoms with E-state index in [1.807, 2.05) is 10.1 Å². The summed E-state index contributed by atoms with van der Waals surface area (Å²) >= 11 is 1.53. The fraction of sp³-hybridized carbons (Fsp3) is 0.217. The van der Waals surface area contributed by atoms with Gasteiger partial charge in [0.2, 0.25) is 4.80 Å². The average molecular weight is 424 g/mol. The summed E-state index contributed by atoms with van der Waals surface area (Å²) in [5.74, 6) is 1.85. The van der Waals surface area contributed by atoms with Crippen LogP contribution in [0.15, 0.2) is 64.5 Å². The summed E-state index contributed by atoms with van der Waals surface area (Å²) < 4.78 is 18.2. The molecule has 0 aliphatic heterocycles. The zero-order valence-corrected chi connectivity index (χ0v) is 18.4. The zero-order valence-electron chi connectivity index (χ0n) is 17.6. The van der Waals surface area contributed by atoms with E-state index < -0.39 is 0 Å². The van der Waals surface area contributed by atoms with Gasteiger partial charge >= 0.3 is 0 Å². The Morgan fingerprint density at radius 2 is 1.70 bits per heavy atom. The molecule has 30 heavy (non-hydrogen) atoms. The lowest BCUT2D eigenvalue weighted by molar-refractivity contribution is 0.374. The van der Waals surface area contributed by atoms with E-state index in [4.69, 9.17) is 19.3 Å². The molecule has 6 nitrogen and oxygen atoms in total. The maximum atomic E-state index is 5.53. The van der Waals surface area contributed by atoms with Crippen molar-refractivity contribution in [1.82, 2.24) is 4.68 Å². The largest absolute Gasteiger partial charge is 0.496 e. The van der Waals surface area contributed by atoms with Gasteiger partial charge in [-0.15, -0.1) is 17.9 Å². The van der Waals surface area contributed by atoms with Gasteiger partial charge in [-0.05, 0) is 6.92 Å². The minimum atomic E-state index is 0.512. The van der Waals surface area contributed by atoms with Crippen LogP contribution in [0.2, 0.25) is 0 Å². The average Bonchev–Trinajstić information content (AvgIpc) is 3.18. The monoisotopic (exact) mass is 423 g/mol. The summed E-state index contributed by atoms with van der Waals surface area (Å²) in [6, 6.07) is 11.9. The van der Waals surface area contributed by atoms with Crippen LogP contribution in [0, 0.1) is 6.92 Å². The van der Waals surface area contributed by atoms with E-state index in [-0.39, 0.29) is 0 Å². The number of aromatic nitrogens is 1. The molecule has 0 amide bonds. The van der Waals surface area contributed by atoms with Gasteiger partial charge in [0.05, 0.1) is 45.3 Å².